The van der Waals surface area contributed by atoms with Crippen LogP contribution in [0.1, 0.15) is 64.2 Å². The second-order valence-corrected chi connectivity index (χ2v) is 14.7. The Hall–Kier alpha value is -2.71. The van der Waals surface area contributed by atoms with Gasteiger partial charge in [0, 0.05) is 44.4 Å². The number of rotatable bonds is 8. The number of thiophene rings is 1. The number of hydrogen-bond donors (Lipinski definition) is 3. The third kappa shape index (κ3) is 9.64. The second-order valence-electron chi connectivity index (χ2n) is 11.5. The second kappa shape index (κ2) is 15.8. The lowest BCUT2D eigenvalue weighted by Gasteiger charge is -2.35. The van der Waals surface area contributed by atoms with Gasteiger partial charge in [0.1, 0.15) is 9.96 Å². The molecular formula is C30H46N4O7S2. The first-order valence-corrected chi connectivity index (χ1v) is 17.1. The monoisotopic (exact) mass is 638 g/mol. The molecule has 3 rings (SSSR count). The van der Waals surface area contributed by atoms with Gasteiger partial charge in [-0.15, -0.1) is 11.3 Å². The highest BCUT2D eigenvalue weighted by Gasteiger charge is 2.32. The minimum absolute atomic E-state index is 0.0694. The Labute approximate surface area is 259 Å². The van der Waals surface area contributed by atoms with E-state index >= 15 is 0 Å². The van der Waals surface area contributed by atoms with Gasteiger partial charge in [-0.2, -0.15) is 4.31 Å². The summed E-state index contributed by atoms with van der Waals surface area (Å²) in [4.78, 5) is 28.1. The summed E-state index contributed by atoms with van der Waals surface area (Å²) in [5.41, 5.74) is 0.683. The fraction of sp³-hybridized carbons (Fsp3) is 0.600. The molecule has 0 unspecified atom stereocenters. The number of sulfonamides is 1. The summed E-state index contributed by atoms with van der Waals surface area (Å²) in [5.74, 6) is -0.274. The Balaban J connectivity index is 1.96. The number of ether oxygens (including phenoxy) is 2. The zero-order valence-electron chi connectivity index (χ0n) is 25.9. The maximum absolute atomic E-state index is 14.2. The number of carbonyl (C=O) groups excluding carboxylic acids is 2. The molecule has 240 valence electrons. The van der Waals surface area contributed by atoms with Gasteiger partial charge in [0.05, 0.1) is 30.4 Å². The lowest BCUT2D eigenvalue weighted by Crippen LogP contribution is -2.48. The first kappa shape index (κ1) is 34.8. The van der Waals surface area contributed by atoms with Crippen LogP contribution in [-0.2, 0) is 14.8 Å². The van der Waals surface area contributed by atoms with E-state index in [1.165, 1.54) is 11.4 Å². The van der Waals surface area contributed by atoms with Crippen molar-refractivity contribution in [2.75, 3.05) is 38.7 Å². The van der Waals surface area contributed by atoms with Crippen LogP contribution in [0, 0.1) is 5.92 Å². The minimum Gasteiger partial charge on any atom is -0.490 e. The maximum Gasteiger partial charge on any atom is 0.319 e. The lowest BCUT2D eigenvalue weighted by molar-refractivity contribution is -0.00832. The number of nitrogens with zero attached hydrogens (tertiary/aromatic N) is 2. The molecule has 2 aromatic rings. The Morgan fingerprint density at radius 3 is 2.60 bits per heavy atom. The van der Waals surface area contributed by atoms with Gasteiger partial charge in [-0.25, -0.2) is 13.2 Å². The van der Waals surface area contributed by atoms with E-state index in [2.05, 4.69) is 10.6 Å². The van der Waals surface area contributed by atoms with Crippen LogP contribution in [0.15, 0.2) is 39.9 Å². The molecule has 1 aliphatic heterocycles. The van der Waals surface area contributed by atoms with Crippen LogP contribution < -0.4 is 15.4 Å². The summed E-state index contributed by atoms with van der Waals surface area (Å²) < 4.78 is 40.4. The third-order valence-corrected chi connectivity index (χ3v) is 10.5. The fourth-order valence-electron chi connectivity index (χ4n) is 4.81. The average Bonchev–Trinajstić information content (AvgIpc) is 3.50. The molecule has 1 aromatic carbocycles. The van der Waals surface area contributed by atoms with E-state index in [9.17, 15) is 23.1 Å². The van der Waals surface area contributed by atoms with Crippen LogP contribution in [0.2, 0.25) is 0 Å². The minimum atomic E-state index is -3.70. The van der Waals surface area contributed by atoms with Crippen molar-refractivity contribution in [3.05, 3.63) is 41.3 Å². The van der Waals surface area contributed by atoms with E-state index in [0.717, 1.165) is 30.6 Å². The molecule has 0 fully saturated rings. The molecule has 3 N–H and O–H groups in total. The van der Waals surface area contributed by atoms with E-state index in [-0.39, 0.29) is 53.4 Å². The number of carbonyl (C=O) groups is 2. The number of likely N-dealkylation sites (N-methyl/N-ethyl adjacent to an activating group) is 1. The van der Waals surface area contributed by atoms with Crippen LogP contribution in [-0.4, -0.2) is 92.3 Å². The Bertz CT molecular complexity index is 1300. The molecule has 1 aromatic heterocycles. The summed E-state index contributed by atoms with van der Waals surface area (Å²) in [5, 5.41) is 17.4. The molecule has 0 spiro atoms. The van der Waals surface area contributed by atoms with E-state index < -0.39 is 28.2 Å². The lowest BCUT2D eigenvalue weighted by atomic mass is 10.0. The van der Waals surface area contributed by atoms with Crippen LogP contribution in [0.4, 0.5) is 10.5 Å². The van der Waals surface area contributed by atoms with Crippen molar-refractivity contribution in [2.24, 2.45) is 5.92 Å². The number of nitrogens with one attached hydrogen (secondary N) is 2. The topological polar surface area (TPSA) is 138 Å². The van der Waals surface area contributed by atoms with E-state index in [1.807, 2.05) is 27.7 Å². The molecule has 0 radical (unpaired) electrons. The zero-order chi connectivity index (χ0) is 31.7. The smallest absolute Gasteiger partial charge is 0.319 e. The zero-order valence-corrected chi connectivity index (χ0v) is 27.5. The Morgan fingerprint density at radius 1 is 1.21 bits per heavy atom. The molecule has 3 amide bonds. The van der Waals surface area contributed by atoms with Crippen molar-refractivity contribution in [2.45, 2.75) is 82.4 Å². The molecule has 13 heteroatoms. The number of aliphatic hydroxyl groups is 1. The van der Waals surface area contributed by atoms with Gasteiger partial charge in [-0.3, -0.25) is 4.79 Å². The molecule has 4 atom stereocenters. The van der Waals surface area contributed by atoms with Gasteiger partial charge in [-0.1, -0.05) is 13.0 Å². The van der Waals surface area contributed by atoms with E-state index in [4.69, 9.17) is 9.47 Å². The Kier molecular flexibility index (Phi) is 12.8. The summed E-state index contributed by atoms with van der Waals surface area (Å²) in [6.07, 6.45) is 1.59. The first-order chi connectivity index (χ1) is 20.3. The van der Waals surface area contributed by atoms with Gasteiger partial charge in [0.25, 0.3) is 15.9 Å². The van der Waals surface area contributed by atoms with Crippen molar-refractivity contribution in [1.82, 2.24) is 14.5 Å². The highest BCUT2D eigenvalue weighted by Crippen LogP contribution is 2.29. The maximum atomic E-state index is 14.2. The first-order valence-electron chi connectivity index (χ1n) is 14.7. The van der Waals surface area contributed by atoms with Crippen LogP contribution in [0.25, 0.3) is 0 Å². The summed E-state index contributed by atoms with van der Waals surface area (Å²) in [6.45, 7) is 9.75. The molecular weight excluding hydrogens is 592 g/mol. The van der Waals surface area contributed by atoms with Gasteiger partial charge >= 0.3 is 6.03 Å². The predicted octanol–water partition coefficient (Wildman–Crippen LogP) is 4.39. The summed E-state index contributed by atoms with van der Waals surface area (Å²) in [6, 6.07) is 7.23. The van der Waals surface area contributed by atoms with Gasteiger partial charge in [0.2, 0.25) is 0 Å². The highest BCUT2D eigenvalue weighted by molar-refractivity contribution is 7.91. The van der Waals surface area contributed by atoms with Crippen molar-refractivity contribution in [3.63, 3.8) is 0 Å². The van der Waals surface area contributed by atoms with Crippen LogP contribution in [0.5, 0.6) is 5.75 Å². The summed E-state index contributed by atoms with van der Waals surface area (Å²) >= 11 is 1.16. The highest BCUT2D eigenvalue weighted by atomic mass is 32.2. The predicted molar refractivity (Wildman–Crippen MR) is 168 cm³/mol. The Morgan fingerprint density at radius 2 is 1.95 bits per heavy atom. The SMILES string of the molecule is CC(C)NC(=O)Nc1ccc2c(c1)C(=O)N([C@H](C)CO)C[C@H](C)[C@@H](CN(C)S(=O)(=O)c1cccs1)OCCCC[C@@H](C)O2. The summed E-state index contributed by atoms with van der Waals surface area (Å²) in [7, 11) is -2.16. The molecule has 43 heavy (non-hydrogen) atoms. The molecule has 11 nitrogen and oxygen atoms in total. The average molecular weight is 639 g/mol. The van der Waals surface area contributed by atoms with Crippen molar-refractivity contribution < 1.29 is 32.6 Å². The number of amides is 3. The standard InChI is InChI=1S/C30H46N4O7S2/c1-20(2)31-30(37)32-24-12-13-26-25(16-24)29(36)34(22(4)19-35)17-21(3)27(40-14-8-7-10-23(5)41-26)18-33(6)43(38,39)28-11-9-15-42-28/h9,11-13,15-16,20-23,27,35H,7-8,10,14,17-19H2,1-6H3,(H2,31,32,37)/t21-,22+,23+,27+/m0/s1. The molecule has 2 heterocycles. The quantitative estimate of drug-likeness (QED) is 0.390. The largest absolute Gasteiger partial charge is 0.490 e. The number of urea groups is 1. The normalized spacial score (nSPS) is 21.6. The van der Waals surface area contributed by atoms with Crippen LogP contribution in [0.3, 0.4) is 0 Å². The molecule has 0 aliphatic carbocycles. The van der Waals surface area contributed by atoms with Crippen molar-refractivity contribution in [1.29, 1.82) is 0 Å². The van der Waals surface area contributed by atoms with Gasteiger partial charge in [0.15, 0.2) is 0 Å². The van der Waals surface area contributed by atoms with Gasteiger partial charge < -0.3 is 30.1 Å². The van der Waals surface area contributed by atoms with Crippen LogP contribution >= 0.6 is 11.3 Å². The molecule has 0 saturated heterocycles. The van der Waals surface area contributed by atoms with Crippen molar-refractivity contribution >= 4 is 39.0 Å². The van der Waals surface area contributed by atoms with E-state index in [0.29, 0.717) is 18.0 Å². The number of fused-ring (bicyclic) bond motifs is 1. The number of aliphatic hydroxyl groups excluding tert-OH is 1. The molecule has 0 bridgehead atoms. The number of hydrogen-bond acceptors (Lipinski definition) is 8. The van der Waals surface area contributed by atoms with Gasteiger partial charge in [-0.05, 0) is 76.6 Å². The molecule has 0 saturated carbocycles. The fourth-order valence-corrected chi connectivity index (χ4v) is 7.19. The number of anilines is 1. The van der Waals surface area contributed by atoms with Crippen molar-refractivity contribution in [3.8, 4) is 5.75 Å². The third-order valence-electron chi connectivity index (χ3n) is 7.33. The molecule has 1 aliphatic rings. The number of benzene rings is 1. The van der Waals surface area contributed by atoms with E-state index in [1.54, 1.807) is 47.5 Å².